The third-order valence-electron chi connectivity index (χ3n) is 7.19. The van der Waals surface area contributed by atoms with Crippen LogP contribution in [0.2, 0.25) is 0 Å². The summed E-state index contributed by atoms with van der Waals surface area (Å²) in [6.07, 6.45) is -0.446. The van der Waals surface area contributed by atoms with Crippen molar-refractivity contribution in [2.24, 2.45) is 11.1 Å². The Morgan fingerprint density at radius 2 is 1.75 bits per heavy atom. The summed E-state index contributed by atoms with van der Waals surface area (Å²) in [7, 11) is 0. The monoisotopic (exact) mass is 511 g/mol. The molecule has 3 aliphatic heterocycles. The van der Waals surface area contributed by atoms with Crippen LogP contribution in [0.5, 0.6) is 0 Å². The smallest absolute Gasteiger partial charge is 0.194 e. The molecular formula is C23H28F3N5O5. The first kappa shape index (κ1) is 25.1. The second-order valence-corrected chi connectivity index (χ2v) is 9.50. The lowest BCUT2D eigenvalue weighted by molar-refractivity contribution is -0.203. The molecule has 6 atom stereocenters. The van der Waals surface area contributed by atoms with Crippen LogP contribution in [0.4, 0.5) is 13.2 Å². The molecule has 36 heavy (non-hydrogen) atoms. The normalized spacial score (nSPS) is 31.3. The van der Waals surface area contributed by atoms with Gasteiger partial charge in [-0.1, -0.05) is 10.4 Å². The summed E-state index contributed by atoms with van der Waals surface area (Å²) >= 11 is 0. The summed E-state index contributed by atoms with van der Waals surface area (Å²) in [4.78, 5) is 5.66. The molecule has 2 aromatic rings. The first-order chi connectivity index (χ1) is 17.4. The minimum atomic E-state index is -1.60. The number of nitrogens with one attached hydrogen (secondary N) is 1. The van der Waals surface area contributed by atoms with E-state index in [0.717, 1.165) is 42.7 Å². The van der Waals surface area contributed by atoms with E-state index in [4.69, 9.17) is 9.57 Å². The summed E-state index contributed by atoms with van der Waals surface area (Å²) in [6.45, 7) is 1.34. The van der Waals surface area contributed by atoms with Crippen LogP contribution in [-0.2, 0) is 9.57 Å². The van der Waals surface area contributed by atoms with E-state index in [-0.39, 0.29) is 23.8 Å². The predicted octanol–water partition coefficient (Wildman–Crippen LogP) is 0.920. The Morgan fingerprint density at radius 3 is 2.44 bits per heavy atom. The van der Waals surface area contributed by atoms with E-state index in [1.165, 1.54) is 6.20 Å². The van der Waals surface area contributed by atoms with E-state index in [0.29, 0.717) is 18.1 Å². The van der Waals surface area contributed by atoms with Crippen LogP contribution in [0.25, 0.3) is 11.3 Å². The first-order valence-electron chi connectivity index (χ1n) is 12.0. The number of hydrogen-bond acceptors (Lipinski definition) is 9. The van der Waals surface area contributed by atoms with E-state index in [2.05, 4.69) is 20.8 Å². The highest BCUT2D eigenvalue weighted by molar-refractivity contribution is 5.86. The average Bonchev–Trinajstić information content (AvgIpc) is 3.55. The van der Waals surface area contributed by atoms with Gasteiger partial charge in [-0.05, 0) is 38.1 Å². The summed E-state index contributed by atoms with van der Waals surface area (Å²) in [6, 6.07) is 0.473. The molecular weight excluding hydrogens is 483 g/mol. The van der Waals surface area contributed by atoms with Gasteiger partial charge in [-0.15, -0.1) is 5.10 Å². The van der Waals surface area contributed by atoms with Crippen LogP contribution in [-0.4, -0.2) is 86.2 Å². The van der Waals surface area contributed by atoms with Crippen molar-refractivity contribution < 1.29 is 38.1 Å². The van der Waals surface area contributed by atoms with Crippen LogP contribution in [0.3, 0.4) is 0 Å². The SMILES string of the molecule is OC[C@H]1O[C@H](CC2=NOC(C3CCNCC3)C2)[C@H](O)[C@@H](n2cc(-c3cc(F)c(F)c(F)c3)nn2)[C@H]1O. The highest BCUT2D eigenvalue weighted by Crippen LogP contribution is 2.34. The quantitative estimate of drug-likeness (QED) is 0.421. The molecule has 2 fully saturated rings. The number of nitrogens with zero attached hydrogens (tertiary/aromatic N) is 4. The molecule has 0 saturated carbocycles. The summed E-state index contributed by atoms with van der Waals surface area (Å²) in [5.41, 5.74) is 0.658. The molecule has 196 valence electrons. The molecule has 3 aliphatic rings. The Hall–Kier alpha value is -2.58. The van der Waals surface area contributed by atoms with Crippen LogP contribution in [0.15, 0.2) is 23.5 Å². The number of aliphatic hydroxyl groups is 3. The van der Waals surface area contributed by atoms with Crippen LogP contribution in [0.1, 0.15) is 31.7 Å². The molecule has 0 bridgehead atoms. The lowest BCUT2D eigenvalue weighted by Crippen LogP contribution is -2.56. The fraction of sp³-hybridized carbons (Fsp3) is 0.609. The van der Waals surface area contributed by atoms with E-state index in [1.54, 1.807) is 0 Å². The Balaban J connectivity index is 1.32. The number of aliphatic hydroxyl groups excluding tert-OH is 3. The second-order valence-electron chi connectivity index (χ2n) is 9.50. The number of oxime groups is 1. The highest BCUT2D eigenvalue weighted by Gasteiger charge is 2.47. The largest absolute Gasteiger partial charge is 0.394 e. The van der Waals surface area contributed by atoms with E-state index >= 15 is 0 Å². The van der Waals surface area contributed by atoms with Gasteiger partial charge in [-0.25, -0.2) is 17.9 Å². The molecule has 1 aromatic carbocycles. The van der Waals surface area contributed by atoms with Gasteiger partial charge in [-0.3, -0.25) is 0 Å². The van der Waals surface area contributed by atoms with Gasteiger partial charge in [0.25, 0.3) is 0 Å². The maximum Gasteiger partial charge on any atom is 0.194 e. The van der Waals surface area contributed by atoms with E-state index < -0.39 is 54.5 Å². The number of benzene rings is 1. The second kappa shape index (κ2) is 10.4. The zero-order valence-corrected chi connectivity index (χ0v) is 19.3. The fourth-order valence-corrected chi connectivity index (χ4v) is 5.19. The number of aromatic nitrogens is 3. The average molecular weight is 512 g/mol. The van der Waals surface area contributed by atoms with Crippen molar-refractivity contribution in [1.29, 1.82) is 0 Å². The molecule has 0 amide bonds. The molecule has 5 rings (SSSR count). The molecule has 0 spiro atoms. The summed E-state index contributed by atoms with van der Waals surface area (Å²) in [5.74, 6) is -3.97. The van der Waals surface area contributed by atoms with Crippen molar-refractivity contribution in [2.45, 2.75) is 62.2 Å². The first-order valence-corrected chi connectivity index (χ1v) is 12.0. The Morgan fingerprint density at radius 1 is 1.06 bits per heavy atom. The van der Waals surface area contributed by atoms with Gasteiger partial charge >= 0.3 is 0 Å². The minimum absolute atomic E-state index is 0.00849. The lowest BCUT2D eigenvalue weighted by Gasteiger charge is -2.42. The number of piperidine rings is 1. The topological polar surface area (TPSA) is 134 Å². The van der Waals surface area contributed by atoms with Crippen LogP contribution < -0.4 is 5.32 Å². The third kappa shape index (κ3) is 4.85. The zero-order chi connectivity index (χ0) is 25.4. The summed E-state index contributed by atoms with van der Waals surface area (Å²) < 4.78 is 47.6. The van der Waals surface area contributed by atoms with Gasteiger partial charge in [0.2, 0.25) is 0 Å². The van der Waals surface area contributed by atoms with Crippen molar-refractivity contribution in [3.8, 4) is 11.3 Å². The van der Waals surface area contributed by atoms with Crippen LogP contribution >= 0.6 is 0 Å². The molecule has 1 aromatic heterocycles. The van der Waals surface area contributed by atoms with Gasteiger partial charge in [0.15, 0.2) is 17.5 Å². The van der Waals surface area contributed by atoms with Gasteiger partial charge < -0.3 is 30.2 Å². The van der Waals surface area contributed by atoms with Gasteiger partial charge in [-0.2, -0.15) is 0 Å². The van der Waals surface area contributed by atoms with Crippen molar-refractivity contribution in [3.63, 3.8) is 0 Å². The zero-order valence-electron chi connectivity index (χ0n) is 19.3. The number of ether oxygens (including phenoxy) is 1. The molecule has 13 heteroatoms. The molecule has 4 N–H and O–H groups in total. The van der Waals surface area contributed by atoms with Gasteiger partial charge in [0.05, 0.1) is 24.6 Å². The fourth-order valence-electron chi connectivity index (χ4n) is 5.19. The number of rotatable bonds is 6. The van der Waals surface area contributed by atoms with Gasteiger partial charge in [0.1, 0.15) is 36.2 Å². The highest BCUT2D eigenvalue weighted by atomic mass is 19.2. The number of halogens is 3. The van der Waals surface area contributed by atoms with E-state index in [9.17, 15) is 28.5 Å². The van der Waals surface area contributed by atoms with Crippen LogP contribution in [0, 0.1) is 23.4 Å². The van der Waals surface area contributed by atoms with Crippen molar-refractivity contribution in [1.82, 2.24) is 20.3 Å². The lowest BCUT2D eigenvalue weighted by atomic mass is 9.87. The van der Waals surface area contributed by atoms with Crippen molar-refractivity contribution in [3.05, 3.63) is 35.8 Å². The van der Waals surface area contributed by atoms with E-state index in [1.807, 2.05) is 0 Å². The molecule has 10 nitrogen and oxygen atoms in total. The minimum Gasteiger partial charge on any atom is -0.394 e. The maximum atomic E-state index is 13.7. The molecule has 2 saturated heterocycles. The van der Waals surface area contributed by atoms with Gasteiger partial charge in [0, 0.05) is 24.3 Å². The Labute approximate surface area is 204 Å². The Bertz CT molecular complexity index is 1090. The Kier molecular flexibility index (Phi) is 7.26. The molecule has 4 heterocycles. The molecule has 0 aliphatic carbocycles. The maximum absolute atomic E-state index is 13.7. The molecule has 1 unspecified atom stereocenters. The standard InChI is InChI=1S/C23H28F3N5O5/c24-14-5-12(6-15(25)20(14)26)16-9-31(30-28-16)21-22(33)18(35-19(10-32)23(21)34)8-13-7-17(36-29-13)11-1-3-27-4-2-11/h5-6,9,11,17-19,21-23,27,32-34H,1-4,7-8,10H2/t17?,18-,19-,21-,22+,23+/m1/s1. The third-order valence-corrected chi connectivity index (χ3v) is 7.19. The van der Waals surface area contributed by atoms with Crippen molar-refractivity contribution in [2.75, 3.05) is 19.7 Å². The van der Waals surface area contributed by atoms with Crippen molar-refractivity contribution >= 4 is 5.71 Å². The predicted molar refractivity (Wildman–Crippen MR) is 119 cm³/mol. The number of hydrogen-bond donors (Lipinski definition) is 4. The molecule has 0 radical (unpaired) electrons. The summed E-state index contributed by atoms with van der Waals surface area (Å²) in [5, 5.41) is 47.0.